The minimum Gasteiger partial charge on any atom is -0.335 e. The molecule has 1 heterocycles. The second kappa shape index (κ2) is 6.78. The Kier molecular flexibility index (Phi) is 4.82. The average Bonchev–Trinajstić information content (AvgIpc) is 3.37. The molecule has 1 fully saturated rings. The number of rotatable bonds is 5. The minimum atomic E-state index is -4.43. The highest BCUT2D eigenvalue weighted by atomic mass is 19.4. The Morgan fingerprint density at radius 2 is 1.92 bits per heavy atom. The fraction of sp³-hybridized carbons (Fsp3) is 0.474. The van der Waals surface area contributed by atoms with Crippen LogP contribution in [0.15, 0.2) is 24.3 Å². The smallest absolute Gasteiger partial charge is 0.335 e. The Morgan fingerprint density at radius 3 is 2.46 bits per heavy atom. The second-order valence-corrected chi connectivity index (χ2v) is 6.86. The molecule has 1 aromatic heterocycles. The molecule has 1 aliphatic rings. The molecule has 2 aromatic rings. The molecule has 0 unspecified atom stereocenters. The zero-order valence-electron chi connectivity index (χ0n) is 15.1. The van der Waals surface area contributed by atoms with Crippen LogP contribution in [-0.2, 0) is 31.0 Å². The normalized spacial score (nSPS) is 14.5. The quantitative estimate of drug-likeness (QED) is 0.809. The first-order valence-electron chi connectivity index (χ1n) is 8.62. The van der Waals surface area contributed by atoms with Gasteiger partial charge in [0.2, 0.25) is 5.91 Å². The zero-order chi connectivity index (χ0) is 19.1. The van der Waals surface area contributed by atoms with Crippen LogP contribution in [0.4, 0.5) is 13.2 Å². The molecule has 4 nitrogen and oxygen atoms in total. The van der Waals surface area contributed by atoms with Gasteiger partial charge in [-0.1, -0.05) is 18.2 Å². The summed E-state index contributed by atoms with van der Waals surface area (Å²) < 4.78 is 41.5. The molecule has 7 heteroatoms. The maximum absolute atomic E-state index is 13.3. The van der Waals surface area contributed by atoms with Crippen molar-refractivity contribution in [1.29, 1.82) is 0 Å². The molecule has 140 valence electrons. The number of amides is 1. The van der Waals surface area contributed by atoms with Gasteiger partial charge in [0, 0.05) is 30.9 Å². The molecule has 1 saturated carbocycles. The first-order chi connectivity index (χ1) is 12.2. The van der Waals surface area contributed by atoms with Gasteiger partial charge in [0.15, 0.2) is 0 Å². The number of halogens is 3. The number of hydrogen-bond acceptors (Lipinski definition) is 2. The standard InChI is InChI=1S/C19H22F3N3O/c1-12-16(13(2)24(3)23-12)10-18(26)25(15-8-9-15)11-14-6-4-5-7-17(14)19(20,21)22/h4-7,15H,8-11H2,1-3H3. The maximum atomic E-state index is 13.3. The van der Waals surface area contributed by atoms with Gasteiger partial charge in [-0.25, -0.2) is 0 Å². The summed E-state index contributed by atoms with van der Waals surface area (Å²) in [6, 6.07) is 5.50. The predicted molar refractivity (Wildman–Crippen MR) is 91.4 cm³/mol. The van der Waals surface area contributed by atoms with E-state index in [4.69, 9.17) is 0 Å². The third-order valence-electron chi connectivity index (χ3n) is 4.96. The third-order valence-corrected chi connectivity index (χ3v) is 4.96. The van der Waals surface area contributed by atoms with Crippen LogP contribution in [0.5, 0.6) is 0 Å². The fourth-order valence-electron chi connectivity index (χ4n) is 3.25. The van der Waals surface area contributed by atoms with Gasteiger partial charge in [-0.3, -0.25) is 9.48 Å². The molecule has 1 amide bonds. The van der Waals surface area contributed by atoms with Gasteiger partial charge in [0.1, 0.15) is 0 Å². The number of aromatic nitrogens is 2. The lowest BCUT2D eigenvalue weighted by Crippen LogP contribution is -2.34. The molecule has 0 aliphatic heterocycles. The van der Waals surface area contributed by atoms with Crippen LogP contribution in [0.25, 0.3) is 0 Å². The number of hydrogen-bond donors (Lipinski definition) is 0. The molecule has 0 N–H and O–H groups in total. The van der Waals surface area contributed by atoms with Crippen LogP contribution in [0.1, 0.15) is 40.9 Å². The summed E-state index contributed by atoms with van der Waals surface area (Å²) in [5.74, 6) is -0.149. The van der Waals surface area contributed by atoms with Gasteiger partial charge in [0.25, 0.3) is 0 Å². The third kappa shape index (κ3) is 3.76. The number of alkyl halides is 3. The first-order valence-corrected chi connectivity index (χ1v) is 8.62. The molecule has 0 spiro atoms. The Balaban J connectivity index is 1.84. The van der Waals surface area contributed by atoms with Crippen LogP contribution < -0.4 is 0 Å². The zero-order valence-corrected chi connectivity index (χ0v) is 15.1. The SMILES string of the molecule is Cc1nn(C)c(C)c1CC(=O)N(Cc1ccccc1C(F)(F)F)C1CC1. The van der Waals surface area contributed by atoms with Crippen molar-refractivity contribution in [3.63, 3.8) is 0 Å². The highest BCUT2D eigenvalue weighted by molar-refractivity contribution is 5.80. The van der Waals surface area contributed by atoms with Crippen molar-refractivity contribution in [1.82, 2.24) is 14.7 Å². The van der Waals surface area contributed by atoms with Crippen molar-refractivity contribution in [2.24, 2.45) is 7.05 Å². The summed E-state index contributed by atoms with van der Waals surface area (Å²) in [5, 5.41) is 4.31. The molecule has 1 aliphatic carbocycles. The van der Waals surface area contributed by atoms with Crippen LogP contribution in [0, 0.1) is 13.8 Å². The van der Waals surface area contributed by atoms with Crippen LogP contribution in [0.2, 0.25) is 0 Å². The van der Waals surface area contributed by atoms with Crippen molar-refractivity contribution >= 4 is 5.91 Å². The molecular weight excluding hydrogens is 343 g/mol. The van der Waals surface area contributed by atoms with Crippen molar-refractivity contribution in [3.05, 3.63) is 52.3 Å². The van der Waals surface area contributed by atoms with E-state index in [1.165, 1.54) is 12.1 Å². The van der Waals surface area contributed by atoms with E-state index in [0.29, 0.717) is 0 Å². The lowest BCUT2D eigenvalue weighted by atomic mass is 10.1. The van der Waals surface area contributed by atoms with Gasteiger partial charge in [-0.15, -0.1) is 0 Å². The molecule has 0 bridgehead atoms. The summed E-state index contributed by atoms with van der Waals surface area (Å²) in [5.41, 5.74) is 2.01. The lowest BCUT2D eigenvalue weighted by molar-refractivity contribution is -0.140. The summed E-state index contributed by atoms with van der Waals surface area (Å²) in [6.45, 7) is 3.72. The Labute approximate surface area is 150 Å². The van der Waals surface area contributed by atoms with Gasteiger partial charge in [-0.2, -0.15) is 18.3 Å². The molecule has 0 saturated heterocycles. The first kappa shape index (κ1) is 18.5. The number of benzene rings is 1. The Morgan fingerprint density at radius 1 is 1.27 bits per heavy atom. The monoisotopic (exact) mass is 365 g/mol. The minimum absolute atomic E-state index is 0.0163. The molecule has 0 radical (unpaired) electrons. The summed E-state index contributed by atoms with van der Waals surface area (Å²) in [4.78, 5) is 14.5. The summed E-state index contributed by atoms with van der Waals surface area (Å²) in [6.07, 6.45) is -2.59. The summed E-state index contributed by atoms with van der Waals surface area (Å²) in [7, 11) is 1.81. The fourth-order valence-corrected chi connectivity index (χ4v) is 3.25. The van der Waals surface area contributed by atoms with E-state index in [-0.39, 0.29) is 30.5 Å². The van der Waals surface area contributed by atoms with E-state index >= 15 is 0 Å². The average molecular weight is 365 g/mol. The van der Waals surface area contributed by atoms with Gasteiger partial charge < -0.3 is 4.90 Å². The predicted octanol–water partition coefficient (Wildman–Crippen LogP) is 3.79. The molecule has 3 rings (SSSR count). The largest absolute Gasteiger partial charge is 0.416 e. The molecular formula is C19H22F3N3O. The summed E-state index contributed by atoms with van der Waals surface area (Å²) >= 11 is 0. The number of carbonyl (C=O) groups excluding carboxylic acids is 1. The van der Waals surface area contributed by atoms with E-state index in [1.807, 2.05) is 20.9 Å². The maximum Gasteiger partial charge on any atom is 0.416 e. The van der Waals surface area contributed by atoms with E-state index in [9.17, 15) is 18.0 Å². The van der Waals surface area contributed by atoms with E-state index in [1.54, 1.807) is 15.6 Å². The van der Waals surface area contributed by atoms with Gasteiger partial charge in [0.05, 0.1) is 17.7 Å². The molecule has 26 heavy (non-hydrogen) atoms. The van der Waals surface area contributed by atoms with Gasteiger partial charge >= 0.3 is 6.18 Å². The van der Waals surface area contributed by atoms with Crippen molar-refractivity contribution in [2.75, 3.05) is 0 Å². The topological polar surface area (TPSA) is 38.1 Å². The van der Waals surface area contributed by atoms with Gasteiger partial charge in [-0.05, 0) is 38.3 Å². The highest BCUT2D eigenvalue weighted by Crippen LogP contribution is 2.35. The van der Waals surface area contributed by atoms with Crippen LogP contribution in [-0.4, -0.2) is 26.6 Å². The number of nitrogens with zero attached hydrogens (tertiary/aromatic N) is 3. The number of carbonyl (C=O) groups is 1. The van der Waals surface area contributed by atoms with E-state index in [2.05, 4.69) is 5.10 Å². The molecule has 1 aromatic carbocycles. The molecule has 0 atom stereocenters. The Bertz CT molecular complexity index is 822. The van der Waals surface area contributed by atoms with E-state index < -0.39 is 11.7 Å². The highest BCUT2D eigenvalue weighted by Gasteiger charge is 2.37. The Hall–Kier alpha value is -2.31. The lowest BCUT2D eigenvalue weighted by Gasteiger charge is -2.24. The second-order valence-electron chi connectivity index (χ2n) is 6.86. The van der Waals surface area contributed by atoms with Crippen molar-refractivity contribution < 1.29 is 18.0 Å². The van der Waals surface area contributed by atoms with Crippen LogP contribution in [0.3, 0.4) is 0 Å². The van der Waals surface area contributed by atoms with Crippen molar-refractivity contribution in [3.8, 4) is 0 Å². The number of aryl methyl sites for hydroxylation is 2. The van der Waals surface area contributed by atoms with E-state index in [0.717, 1.165) is 35.9 Å². The van der Waals surface area contributed by atoms with Crippen LogP contribution >= 0.6 is 0 Å². The van der Waals surface area contributed by atoms with Crippen molar-refractivity contribution in [2.45, 2.75) is 51.9 Å².